The van der Waals surface area contributed by atoms with Gasteiger partial charge in [-0.2, -0.15) is 0 Å². The maximum Gasteiger partial charge on any atom is 0.265 e. The van der Waals surface area contributed by atoms with Crippen LogP contribution < -0.4 is 20.3 Å². The Morgan fingerprint density at radius 3 is 2.29 bits per heavy atom. The highest BCUT2D eigenvalue weighted by Gasteiger charge is 2.13. The van der Waals surface area contributed by atoms with Crippen molar-refractivity contribution in [3.63, 3.8) is 0 Å². The Labute approximate surface area is 144 Å². The summed E-state index contributed by atoms with van der Waals surface area (Å²) >= 11 is 0. The minimum atomic E-state index is -3.17. The second-order valence-electron chi connectivity index (χ2n) is 5.66. The first-order valence-electron chi connectivity index (χ1n) is 8.02. The number of hydrogen-bond donors (Lipinski definition) is 3. The zero-order valence-corrected chi connectivity index (χ0v) is 15.3. The molecule has 0 aliphatic heterocycles. The quantitative estimate of drug-likeness (QED) is 0.411. The summed E-state index contributed by atoms with van der Waals surface area (Å²) in [6, 6.07) is 6.84. The Morgan fingerprint density at radius 1 is 1.08 bits per heavy atom. The molecule has 0 heterocycles. The number of hydrogen-bond acceptors (Lipinski definition) is 5. The predicted molar refractivity (Wildman–Crippen MR) is 94.4 cm³/mol. The van der Waals surface area contributed by atoms with Crippen molar-refractivity contribution in [2.24, 2.45) is 0 Å². The lowest BCUT2D eigenvalue weighted by Crippen LogP contribution is -2.38. The first-order valence-corrected chi connectivity index (χ1v) is 9.57. The Bertz CT molecular complexity index is 600. The van der Waals surface area contributed by atoms with E-state index in [-0.39, 0.29) is 5.91 Å². The van der Waals surface area contributed by atoms with Gasteiger partial charge >= 0.3 is 0 Å². The molecule has 3 N–H and O–H groups in total. The zero-order chi connectivity index (χ0) is 18.0. The molecule has 1 aromatic rings. The van der Waals surface area contributed by atoms with Gasteiger partial charge in [0.1, 0.15) is 5.75 Å². The van der Waals surface area contributed by atoms with Crippen LogP contribution in [0.5, 0.6) is 5.75 Å². The van der Waals surface area contributed by atoms with E-state index >= 15 is 0 Å². The third-order valence-corrected chi connectivity index (χ3v) is 5.30. The largest absolute Gasteiger partial charge is 0.497 e. The molecule has 1 aromatic carbocycles. The van der Waals surface area contributed by atoms with Crippen molar-refractivity contribution in [1.82, 2.24) is 15.6 Å². The molecule has 0 saturated heterocycles. The summed E-state index contributed by atoms with van der Waals surface area (Å²) in [6.07, 6.45) is 2.47. The standard InChI is InChI=1S/C16H27N3O4S/c1-13(2)24(21,22)18-12-6-4-5-11-17-19-16(20)14-7-9-15(23-3)10-8-14/h7-10,13,17-18H,4-6,11-12H2,1-3H3,(H,19,20). The number of ether oxygens (including phenoxy) is 1. The van der Waals surface area contributed by atoms with E-state index in [2.05, 4.69) is 15.6 Å². The van der Waals surface area contributed by atoms with Crippen LogP contribution in [0.4, 0.5) is 0 Å². The third kappa shape index (κ3) is 7.29. The van der Waals surface area contributed by atoms with E-state index < -0.39 is 15.3 Å². The molecule has 24 heavy (non-hydrogen) atoms. The fourth-order valence-corrected chi connectivity index (χ4v) is 2.62. The summed E-state index contributed by atoms with van der Waals surface area (Å²) in [7, 11) is -1.60. The van der Waals surface area contributed by atoms with Crippen LogP contribution >= 0.6 is 0 Å². The number of methoxy groups -OCH3 is 1. The summed E-state index contributed by atoms with van der Waals surface area (Å²) in [5.74, 6) is 0.495. The van der Waals surface area contributed by atoms with Crippen molar-refractivity contribution in [2.45, 2.75) is 38.4 Å². The average Bonchev–Trinajstić information content (AvgIpc) is 2.56. The molecular formula is C16H27N3O4S. The van der Waals surface area contributed by atoms with Gasteiger partial charge in [-0.3, -0.25) is 10.2 Å². The van der Waals surface area contributed by atoms with Crippen LogP contribution in [0.2, 0.25) is 0 Å². The Morgan fingerprint density at radius 2 is 1.71 bits per heavy atom. The fraction of sp³-hybridized carbons (Fsp3) is 0.562. The first kappa shape index (κ1) is 20.4. The van der Waals surface area contributed by atoms with E-state index in [1.807, 2.05) is 0 Å². The molecule has 0 fully saturated rings. The van der Waals surface area contributed by atoms with Crippen LogP contribution in [0, 0.1) is 0 Å². The molecule has 1 amide bonds. The van der Waals surface area contributed by atoms with E-state index in [1.54, 1.807) is 45.2 Å². The van der Waals surface area contributed by atoms with Crippen molar-refractivity contribution in [1.29, 1.82) is 0 Å². The van der Waals surface area contributed by atoms with Crippen molar-refractivity contribution >= 4 is 15.9 Å². The number of benzene rings is 1. The Balaban J connectivity index is 2.10. The predicted octanol–water partition coefficient (Wildman–Crippen LogP) is 1.43. The lowest BCUT2D eigenvalue weighted by atomic mass is 10.2. The number of sulfonamides is 1. The van der Waals surface area contributed by atoms with Crippen LogP contribution in [-0.2, 0) is 10.0 Å². The normalized spacial score (nSPS) is 11.5. The molecule has 0 atom stereocenters. The molecule has 1 rings (SSSR count). The van der Waals surface area contributed by atoms with Gasteiger partial charge in [-0.25, -0.2) is 18.6 Å². The van der Waals surface area contributed by atoms with Gasteiger partial charge in [-0.15, -0.1) is 0 Å². The highest BCUT2D eigenvalue weighted by molar-refractivity contribution is 7.90. The number of unbranched alkanes of at least 4 members (excludes halogenated alkanes) is 2. The second kappa shape index (κ2) is 10.3. The van der Waals surface area contributed by atoms with Gasteiger partial charge in [0.05, 0.1) is 12.4 Å². The third-order valence-electron chi connectivity index (χ3n) is 3.46. The number of hydrazine groups is 1. The molecule has 0 aliphatic carbocycles. The van der Waals surface area contributed by atoms with Crippen LogP contribution in [0.3, 0.4) is 0 Å². The van der Waals surface area contributed by atoms with Gasteiger partial charge in [0, 0.05) is 18.7 Å². The van der Waals surface area contributed by atoms with Gasteiger partial charge in [-0.1, -0.05) is 6.42 Å². The van der Waals surface area contributed by atoms with Gasteiger partial charge in [0.2, 0.25) is 10.0 Å². The highest BCUT2D eigenvalue weighted by Crippen LogP contribution is 2.10. The molecule has 0 aliphatic rings. The Hall–Kier alpha value is -1.64. The SMILES string of the molecule is COc1ccc(C(=O)NNCCCCCNS(=O)(=O)C(C)C)cc1. The smallest absolute Gasteiger partial charge is 0.265 e. The summed E-state index contributed by atoms with van der Waals surface area (Å²) < 4.78 is 30.7. The number of carbonyl (C=O) groups is 1. The number of amides is 1. The summed E-state index contributed by atoms with van der Waals surface area (Å²) in [5, 5.41) is -0.410. The van der Waals surface area contributed by atoms with E-state index in [0.29, 0.717) is 24.4 Å². The molecule has 0 radical (unpaired) electrons. The van der Waals surface area contributed by atoms with Crippen LogP contribution in [0.15, 0.2) is 24.3 Å². The zero-order valence-electron chi connectivity index (χ0n) is 14.5. The van der Waals surface area contributed by atoms with Crippen LogP contribution in [0.25, 0.3) is 0 Å². The van der Waals surface area contributed by atoms with Gasteiger partial charge < -0.3 is 4.74 Å². The van der Waals surface area contributed by atoms with Crippen molar-refractivity contribution in [2.75, 3.05) is 20.2 Å². The topological polar surface area (TPSA) is 96.5 Å². The van der Waals surface area contributed by atoms with E-state index in [1.165, 1.54) is 0 Å². The number of carbonyl (C=O) groups excluding carboxylic acids is 1. The lowest BCUT2D eigenvalue weighted by molar-refractivity contribution is 0.0933. The number of rotatable bonds is 11. The lowest BCUT2D eigenvalue weighted by Gasteiger charge is -2.10. The summed E-state index contributed by atoms with van der Waals surface area (Å²) in [4.78, 5) is 11.9. The molecule has 0 saturated carbocycles. The van der Waals surface area contributed by atoms with Crippen molar-refractivity contribution < 1.29 is 17.9 Å². The van der Waals surface area contributed by atoms with Crippen molar-refractivity contribution in [3.05, 3.63) is 29.8 Å². The number of nitrogens with one attached hydrogen (secondary N) is 3. The molecule has 0 spiro atoms. The molecule has 0 aromatic heterocycles. The average molecular weight is 357 g/mol. The molecule has 136 valence electrons. The minimum Gasteiger partial charge on any atom is -0.497 e. The second-order valence-corrected chi connectivity index (χ2v) is 7.98. The van der Waals surface area contributed by atoms with Gasteiger partial charge in [-0.05, 0) is 51.0 Å². The molecule has 7 nitrogen and oxygen atoms in total. The fourth-order valence-electron chi connectivity index (χ4n) is 1.85. The van der Waals surface area contributed by atoms with E-state index in [9.17, 15) is 13.2 Å². The van der Waals surface area contributed by atoms with E-state index in [4.69, 9.17) is 4.74 Å². The summed E-state index contributed by atoms with van der Waals surface area (Å²) in [5.41, 5.74) is 6.04. The van der Waals surface area contributed by atoms with Gasteiger partial charge in [0.25, 0.3) is 5.91 Å². The summed E-state index contributed by atoms with van der Waals surface area (Å²) in [6.45, 7) is 4.37. The molecule has 8 heteroatoms. The molecule has 0 unspecified atom stereocenters. The Kier molecular flexibility index (Phi) is 8.73. The van der Waals surface area contributed by atoms with Gasteiger partial charge in [0.15, 0.2) is 0 Å². The minimum absolute atomic E-state index is 0.206. The highest BCUT2D eigenvalue weighted by atomic mass is 32.2. The maximum atomic E-state index is 11.9. The molecular weight excluding hydrogens is 330 g/mol. The van der Waals surface area contributed by atoms with Crippen molar-refractivity contribution in [3.8, 4) is 5.75 Å². The van der Waals surface area contributed by atoms with Crippen LogP contribution in [0.1, 0.15) is 43.5 Å². The maximum absolute atomic E-state index is 11.9. The molecule has 0 bridgehead atoms. The monoisotopic (exact) mass is 357 g/mol. The van der Waals surface area contributed by atoms with Crippen LogP contribution in [-0.4, -0.2) is 39.8 Å². The first-order chi connectivity index (χ1) is 11.4. The van der Waals surface area contributed by atoms with E-state index in [0.717, 1.165) is 19.3 Å².